The minimum absolute atomic E-state index is 0.000764. The Morgan fingerprint density at radius 3 is 2.00 bits per heavy atom. The van der Waals surface area contributed by atoms with Crippen LogP contribution in [0.2, 0.25) is 0 Å². The average Bonchev–Trinajstić information content (AvgIpc) is 3.12. The van der Waals surface area contributed by atoms with Crippen molar-refractivity contribution in [1.29, 1.82) is 0 Å². The number of aromatic hydroxyl groups is 2. The third-order valence-corrected chi connectivity index (χ3v) is 11.4. The number of aliphatic hydroxyl groups excluding tert-OH is 2. The quantitative estimate of drug-likeness (QED) is 0.206. The van der Waals surface area contributed by atoms with Gasteiger partial charge in [0.15, 0.2) is 36.2 Å². The molecule has 0 spiro atoms. The summed E-state index contributed by atoms with van der Waals surface area (Å²) in [5.41, 5.74) is -3.45. The summed E-state index contributed by atoms with van der Waals surface area (Å²) in [5.74, 6) is -3.48. The first-order valence-electron chi connectivity index (χ1n) is 18.4. The fourth-order valence-electron chi connectivity index (χ4n) is 8.38. The van der Waals surface area contributed by atoms with Crippen molar-refractivity contribution in [2.45, 2.75) is 140 Å². The van der Waals surface area contributed by atoms with Gasteiger partial charge in [0.05, 0.1) is 54.3 Å². The fraction of sp³-hybridized carbons (Fsp3) is 0.590. The van der Waals surface area contributed by atoms with Crippen molar-refractivity contribution in [3.05, 3.63) is 51.6 Å². The zero-order valence-electron chi connectivity index (χ0n) is 31.1. The first kappa shape index (κ1) is 39.4. The van der Waals surface area contributed by atoms with E-state index >= 15 is 0 Å². The highest BCUT2D eigenvalue weighted by Gasteiger charge is 2.50. The van der Waals surface area contributed by atoms with Gasteiger partial charge in [0.25, 0.3) is 0 Å². The first-order valence-corrected chi connectivity index (χ1v) is 18.4. The molecule has 3 heterocycles. The molecule has 16 nitrogen and oxygen atoms in total. The Bertz CT molecular complexity index is 1870. The lowest BCUT2D eigenvalue weighted by molar-refractivity contribution is -0.329. The number of carbonyl (C=O) groups excluding carboxylic acids is 4. The molecule has 0 unspecified atom stereocenters. The molecular weight excluding hydrogens is 724 g/mol. The Labute approximate surface area is 316 Å². The Hall–Kier alpha value is -3.84. The molecule has 3 aliphatic heterocycles. The predicted octanol–water partition coefficient (Wildman–Crippen LogP) is 2.06. The molecule has 3 fully saturated rings. The van der Waals surface area contributed by atoms with E-state index in [9.17, 15) is 44.7 Å². The third kappa shape index (κ3) is 6.97. The topological polar surface area (TPSA) is 234 Å². The van der Waals surface area contributed by atoms with Crippen LogP contribution >= 0.6 is 0 Å². The highest BCUT2D eigenvalue weighted by atomic mass is 16.7. The van der Waals surface area contributed by atoms with Crippen LogP contribution in [0.4, 0.5) is 0 Å². The molecule has 0 amide bonds. The molecule has 298 valence electrons. The minimum Gasteiger partial charge on any atom is -0.507 e. The van der Waals surface area contributed by atoms with Gasteiger partial charge in [0, 0.05) is 55.2 Å². The van der Waals surface area contributed by atoms with Crippen LogP contribution in [-0.4, -0.2) is 123 Å². The van der Waals surface area contributed by atoms with Gasteiger partial charge in [-0.3, -0.25) is 19.2 Å². The van der Waals surface area contributed by atoms with Gasteiger partial charge in [0.1, 0.15) is 41.2 Å². The number of ketones is 4. The summed E-state index contributed by atoms with van der Waals surface area (Å²) >= 11 is 0. The van der Waals surface area contributed by atoms with Crippen LogP contribution in [0.5, 0.6) is 17.2 Å². The Kier molecular flexibility index (Phi) is 10.7. The van der Waals surface area contributed by atoms with Crippen LogP contribution < -0.4 is 4.74 Å². The monoisotopic (exact) mass is 770 g/mol. The van der Waals surface area contributed by atoms with Crippen molar-refractivity contribution in [2.24, 2.45) is 0 Å². The molecule has 0 aromatic heterocycles. The summed E-state index contributed by atoms with van der Waals surface area (Å²) < 4.78 is 41.4. The lowest BCUT2D eigenvalue weighted by Crippen LogP contribution is -2.55. The number of aliphatic hydroxyl groups is 3. The second-order valence-electron chi connectivity index (χ2n) is 15.0. The molecule has 0 saturated carbocycles. The molecule has 0 bridgehead atoms. The zero-order chi connectivity index (χ0) is 39.7. The van der Waals surface area contributed by atoms with Gasteiger partial charge in [-0.25, -0.2) is 0 Å². The van der Waals surface area contributed by atoms with Crippen LogP contribution in [-0.2, 0) is 44.4 Å². The van der Waals surface area contributed by atoms with Crippen LogP contribution in [0.15, 0.2) is 18.2 Å². The maximum atomic E-state index is 13.9. The number of hydrogen-bond acceptors (Lipinski definition) is 16. The average molecular weight is 771 g/mol. The summed E-state index contributed by atoms with van der Waals surface area (Å²) in [4.78, 5) is 52.3. The first-order chi connectivity index (χ1) is 26.0. The molecule has 0 radical (unpaired) electrons. The SMILES string of the molecule is COc1cccc2c1C(=O)c1c(O)c3c(c(O)c1C2=O)C[C@@](O)(C(C)=O)C[C@@H]3O[C@H]1C[C@H](O)[C@H](O[C@H]2C[C@H](O)[C@H](O[C@H]3CCC(=O)[C@H](C)O3)[C@H](C)O2)[C@H](C)O1. The molecule has 5 aliphatic rings. The standard InChI is InChI=1S/C39H46O16/c1-15-21(41)9-10-26(50-15)54-37-16(2)52-28(12-23(37)43)55-38-17(3)51-27(11-22(38)42)53-25-14-39(48,18(4)40)13-20-30(25)36(47)32-31(34(20)45)33(44)19-7-6-8-24(49-5)29(19)35(32)46/h6-8,15-17,22-23,25-28,37-38,42-43,45,47-48H,9-14H2,1-5H3/t15-,16-,17-,22-,23-,25-,26-,27-,28-,37+,38+,39-/m0/s1. The molecule has 2 aliphatic carbocycles. The zero-order valence-corrected chi connectivity index (χ0v) is 31.1. The smallest absolute Gasteiger partial charge is 0.202 e. The van der Waals surface area contributed by atoms with Crippen molar-refractivity contribution >= 4 is 23.1 Å². The van der Waals surface area contributed by atoms with Crippen molar-refractivity contribution in [3.8, 4) is 17.2 Å². The van der Waals surface area contributed by atoms with E-state index in [4.69, 9.17) is 33.2 Å². The molecule has 2 aromatic carbocycles. The van der Waals surface area contributed by atoms with Gasteiger partial charge in [-0.2, -0.15) is 0 Å². The lowest BCUT2D eigenvalue weighted by Gasteiger charge is -2.45. The molecular formula is C39H46O16. The van der Waals surface area contributed by atoms with E-state index in [1.165, 1.54) is 25.3 Å². The number of phenols is 2. The molecule has 16 heteroatoms. The van der Waals surface area contributed by atoms with E-state index < -0.39 is 126 Å². The number of carbonyl (C=O) groups is 4. The summed E-state index contributed by atoms with van der Waals surface area (Å²) in [6.07, 6.45) is -10.6. The van der Waals surface area contributed by atoms with E-state index in [-0.39, 0.29) is 46.6 Å². The summed E-state index contributed by atoms with van der Waals surface area (Å²) in [6.45, 7) is 6.13. The second kappa shape index (κ2) is 14.9. The number of benzene rings is 2. The summed E-state index contributed by atoms with van der Waals surface area (Å²) in [5, 5.41) is 57.1. The molecule has 3 saturated heterocycles. The van der Waals surface area contributed by atoms with Gasteiger partial charge < -0.3 is 58.7 Å². The van der Waals surface area contributed by atoms with Crippen molar-refractivity contribution < 1.29 is 77.9 Å². The number of ether oxygens (including phenoxy) is 7. The van der Waals surface area contributed by atoms with Crippen LogP contribution in [0.25, 0.3) is 0 Å². The number of rotatable bonds is 8. The minimum atomic E-state index is -2.10. The summed E-state index contributed by atoms with van der Waals surface area (Å²) in [7, 11) is 1.33. The van der Waals surface area contributed by atoms with Crippen LogP contribution in [0, 0.1) is 0 Å². The number of fused-ring (bicyclic) bond motifs is 3. The van der Waals surface area contributed by atoms with Crippen LogP contribution in [0.3, 0.4) is 0 Å². The molecule has 7 rings (SSSR count). The highest BCUT2D eigenvalue weighted by Crippen LogP contribution is 2.52. The highest BCUT2D eigenvalue weighted by molar-refractivity contribution is 6.31. The normalized spacial score (nSPS) is 36.1. The number of Topliss-reactive ketones (excluding diaryl/α,β-unsaturated/α-hetero) is 2. The predicted molar refractivity (Wildman–Crippen MR) is 186 cm³/mol. The molecule has 12 atom stereocenters. The molecule has 5 N–H and O–H groups in total. The van der Waals surface area contributed by atoms with Gasteiger partial charge in [-0.15, -0.1) is 0 Å². The number of hydrogen-bond donors (Lipinski definition) is 5. The van der Waals surface area contributed by atoms with Crippen molar-refractivity contribution in [2.75, 3.05) is 7.11 Å². The van der Waals surface area contributed by atoms with Crippen molar-refractivity contribution in [1.82, 2.24) is 0 Å². The maximum Gasteiger partial charge on any atom is 0.202 e. The van der Waals surface area contributed by atoms with Gasteiger partial charge in [-0.05, 0) is 33.8 Å². The molecule has 2 aromatic rings. The van der Waals surface area contributed by atoms with E-state index in [0.29, 0.717) is 12.8 Å². The molecule has 55 heavy (non-hydrogen) atoms. The largest absolute Gasteiger partial charge is 0.507 e. The summed E-state index contributed by atoms with van der Waals surface area (Å²) in [6, 6.07) is 4.39. The lowest BCUT2D eigenvalue weighted by atomic mass is 9.72. The van der Waals surface area contributed by atoms with E-state index in [0.717, 1.165) is 6.92 Å². The van der Waals surface area contributed by atoms with Gasteiger partial charge in [0.2, 0.25) is 5.78 Å². The number of methoxy groups -OCH3 is 1. The van der Waals surface area contributed by atoms with E-state index in [1.807, 2.05) is 0 Å². The maximum absolute atomic E-state index is 13.9. The van der Waals surface area contributed by atoms with Gasteiger partial charge in [-0.1, -0.05) is 12.1 Å². The number of phenolic OH excluding ortho intramolecular Hbond substituents is 2. The van der Waals surface area contributed by atoms with Crippen molar-refractivity contribution in [3.63, 3.8) is 0 Å². The Morgan fingerprint density at radius 2 is 1.42 bits per heavy atom. The van der Waals surface area contributed by atoms with Crippen LogP contribution in [0.1, 0.15) is 109 Å². The van der Waals surface area contributed by atoms with Gasteiger partial charge >= 0.3 is 0 Å². The fourth-order valence-corrected chi connectivity index (χ4v) is 8.38. The second-order valence-corrected chi connectivity index (χ2v) is 15.0. The van der Waals surface area contributed by atoms with E-state index in [2.05, 4.69) is 0 Å². The third-order valence-electron chi connectivity index (χ3n) is 11.4. The Balaban J connectivity index is 1.09. The van der Waals surface area contributed by atoms with E-state index in [1.54, 1.807) is 20.8 Å². The Morgan fingerprint density at radius 1 is 0.818 bits per heavy atom.